The van der Waals surface area contributed by atoms with Gasteiger partial charge in [0.2, 0.25) is 0 Å². The van der Waals surface area contributed by atoms with E-state index in [9.17, 15) is 0 Å². The Bertz CT molecular complexity index is 429. The van der Waals surface area contributed by atoms with Gasteiger partial charge in [-0.2, -0.15) is 0 Å². The molecule has 0 aromatic heterocycles. The molecule has 2 aromatic rings. The molecule has 0 unspecified atom stereocenters. The van der Waals surface area contributed by atoms with Crippen molar-refractivity contribution in [3.05, 3.63) is 66.7 Å². The van der Waals surface area contributed by atoms with Crippen LogP contribution in [0.25, 0.3) is 6.08 Å². The Morgan fingerprint density at radius 2 is 1.40 bits per heavy atom. The smallest absolute Gasteiger partial charge is 0.0245 e. The second-order valence-electron chi connectivity index (χ2n) is 4.02. The first kappa shape index (κ1) is 9.79. The zero-order valence-corrected chi connectivity index (χ0v) is 8.98. The van der Waals surface area contributed by atoms with Crippen LogP contribution in [0, 0.1) is 0 Å². The Balaban J connectivity index is 2.15. The highest BCUT2D eigenvalue weighted by Gasteiger charge is 1.88. The van der Waals surface area contributed by atoms with E-state index in [2.05, 4.69) is 61.2 Å². The number of hydrogen-bond donors (Lipinski definition) is 0. The maximum atomic E-state index is 3.75. The lowest BCUT2D eigenvalue weighted by atomic mass is 9.64. The van der Waals surface area contributed by atoms with Crippen molar-refractivity contribution in [2.45, 2.75) is 0 Å². The largest absolute Gasteiger partial charge is 0.212 e. The minimum absolute atomic E-state index is 0.163. The molecule has 0 fully saturated rings. The van der Waals surface area contributed by atoms with Crippen molar-refractivity contribution in [3.8, 4) is 0 Å². The first-order valence-electron chi connectivity index (χ1n) is 5.43. The van der Waals surface area contributed by atoms with Crippen LogP contribution in [-0.2, 0) is 0 Å². The van der Waals surface area contributed by atoms with E-state index >= 15 is 0 Å². The summed E-state index contributed by atoms with van der Waals surface area (Å²) in [5.41, 5.74) is 4.13. The van der Waals surface area contributed by atoms with Crippen molar-refractivity contribution in [1.82, 2.24) is 0 Å². The highest BCUT2D eigenvalue weighted by atomic mass is 13.9. The summed E-state index contributed by atoms with van der Waals surface area (Å²) in [4.78, 5) is 0. The van der Waals surface area contributed by atoms with Gasteiger partial charge in [0.25, 0.3) is 0 Å². The van der Waals surface area contributed by atoms with Gasteiger partial charge in [0.05, 0.1) is 0 Å². The average molecular weight is 193 g/mol. The van der Waals surface area contributed by atoms with E-state index in [0.717, 1.165) is 0 Å². The van der Waals surface area contributed by atoms with Crippen molar-refractivity contribution in [2.75, 3.05) is 0 Å². The van der Waals surface area contributed by atoms with Gasteiger partial charge in [0, 0.05) is 7.28 Å². The lowest BCUT2D eigenvalue weighted by Crippen LogP contribution is -2.26. The molecule has 0 aliphatic heterocycles. The molecule has 0 radical (unpaired) electrons. The van der Waals surface area contributed by atoms with E-state index < -0.39 is 0 Å². The summed E-state index contributed by atoms with van der Waals surface area (Å²) >= 11 is 0. The lowest BCUT2D eigenvalue weighted by molar-refractivity contribution is 1.70. The molecule has 0 N–H and O–H groups in total. The van der Waals surface area contributed by atoms with Crippen LogP contribution in [0.2, 0.25) is 0 Å². The molecule has 74 valence electrons. The Morgan fingerprint density at radius 1 is 0.800 bits per heavy atom. The summed E-state index contributed by atoms with van der Waals surface area (Å²) in [5.74, 6) is 0. The molecule has 0 amide bonds. The fourth-order valence-electron chi connectivity index (χ4n) is 1.90. The first-order chi connectivity index (χ1) is 7.38. The third-order valence-corrected chi connectivity index (χ3v) is 2.83. The molecule has 0 saturated carbocycles. The Labute approximate surface area is 91.5 Å². The first-order valence-corrected chi connectivity index (χ1v) is 5.43. The number of rotatable bonds is 3. The van der Waals surface area contributed by atoms with Crippen molar-refractivity contribution in [1.29, 1.82) is 0 Å². The van der Waals surface area contributed by atoms with Gasteiger partial charge in [0.1, 0.15) is 0 Å². The zero-order valence-electron chi connectivity index (χ0n) is 8.98. The number of hydrogen-bond acceptors (Lipinski definition) is 0. The number of benzene rings is 2. The van der Waals surface area contributed by atoms with Gasteiger partial charge >= 0.3 is 0 Å². The highest BCUT2D eigenvalue weighted by molar-refractivity contribution is 6.67. The monoisotopic (exact) mass is 193 g/mol. The molecule has 0 bridgehead atoms. The third kappa shape index (κ3) is 2.60. The molecular formula is C14H14B-. The van der Waals surface area contributed by atoms with Gasteiger partial charge in [0.15, 0.2) is 0 Å². The summed E-state index contributed by atoms with van der Waals surface area (Å²) in [7, 11) is -0.163. The normalized spacial score (nSPS) is 9.87. The predicted molar refractivity (Wildman–Crippen MR) is 70.8 cm³/mol. The fraction of sp³-hybridized carbons (Fsp3) is 0. The average Bonchev–Trinajstić information content (AvgIpc) is 2.31. The topological polar surface area (TPSA) is 0 Å². The summed E-state index contributed by atoms with van der Waals surface area (Å²) in [6, 6.07) is 19.4. The van der Waals surface area contributed by atoms with Crippen LogP contribution >= 0.6 is 0 Å². The van der Waals surface area contributed by atoms with Crippen molar-refractivity contribution in [2.24, 2.45) is 0 Å². The molecule has 0 nitrogen and oxygen atoms in total. The standard InChI is InChI=1S/C14H14B/c1-2-12-8-10-14(11-9-12)15-13-6-4-3-5-7-13/h2-11H,1,15H2/q-1. The van der Waals surface area contributed by atoms with Crippen molar-refractivity contribution < 1.29 is 0 Å². The van der Waals surface area contributed by atoms with Crippen LogP contribution in [0.15, 0.2) is 61.2 Å². The van der Waals surface area contributed by atoms with Gasteiger partial charge in [-0.25, -0.2) is 10.9 Å². The van der Waals surface area contributed by atoms with Gasteiger partial charge in [-0.1, -0.05) is 67.3 Å². The van der Waals surface area contributed by atoms with E-state index in [0.29, 0.717) is 0 Å². The Morgan fingerprint density at radius 3 is 2.00 bits per heavy atom. The summed E-state index contributed by atoms with van der Waals surface area (Å²) in [5, 5.41) is 0. The van der Waals surface area contributed by atoms with E-state index in [1.165, 1.54) is 16.5 Å². The van der Waals surface area contributed by atoms with Crippen molar-refractivity contribution in [3.63, 3.8) is 0 Å². The van der Waals surface area contributed by atoms with Gasteiger partial charge < -0.3 is 0 Å². The highest BCUT2D eigenvalue weighted by Crippen LogP contribution is 1.97. The van der Waals surface area contributed by atoms with Crippen LogP contribution in [0.3, 0.4) is 0 Å². The molecule has 0 saturated heterocycles. The van der Waals surface area contributed by atoms with E-state index in [4.69, 9.17) is 0 Å². The van der Waals surface area contributed by atoms with E-state index in [1.807, 2.05) is 6.08 Å². The second kappa shape index (κ2) is 4.65. The van der Waals surface area contributed by atoms with Crippen LogP contribution in [0.1, 0.15) is 5.56 Å². The van der Waals surface area contributed by atoms with Gasteiger partial charge in [-0.05, 0) is 5.56 Å². The van der Waals surface area contributed by atoms with E-state index in [1.54, 1.807) is 0 Å². The molecule has 0 aliphatic carbocycles. The fourth-order valence-corrected chi connectivity index (χ4v) is 1.90. The van der Waals surface area contributed by atoms with E-state index in [-0.39, 0.29) is 7.28 Å². The molecule has 0 spiro atoms. The maximum absolute atomic E-state index is 3.75. The summed E-state index contributed by atoms with van der Waals surface area (Å²) < 4.78 is 0. The molecule has 0 atom stereocenters. The second-order valence-corrected chi connectivity index (χ2v) is 4.02. The minimum atomic E-state index is -0.163. The molecule has 0 heterocycles. The summed E-state index contributed by atoms with van der Waals surface area (Å²) in [6.45, 7) is 3.75. The quantitative estimate of drug-likeness (QED) is 0.647. The van der Waals surface area contributed by atoms with Gasteiger partial charge in [-0.3, -0.25) is 0 Å². The molecule has 1 heteroatoms. The summed E-state index contributed by atoms with van der Waals surface area (Å²) in [6.07, 6.45) is 1.88. The molecule has 0 aliphatic rings. The van der Waals surface area contributed by atoms with Crippen LogP contribution in [0.4, 0.5) is 0 Å². The van der Waals surface area contributed by atoms with Crippen LogP contribution in [-0.4, -0.2) is 7.28 Å². The molecular weight excluding hydrogens is 179 g/mol. The third-order valence-electron chi connectivity index (χ3n) is 2.83. The van der Waals surface area contributed by atoms with Gasteiger partial charge in [-0.15, -0.1) is 0 Å². The minimum Gasteiger partial charge on any atom is -0.212 e. The Hall–Kier alpha value is -1.76. The van der Waals surface area contributed by atoms with Crippen molar-refractivity contribution >= 4 is 24.3 Å². The molecule has 2 aromatic carbocycles. The predicted octanol–water partition coefficient (Wildman–Crippen LogP) is 1.45. The molecule has 15 heavy (non-hydrogen) atoms. The Kier molecular flexibility index (Phi) is 3.03. The SMILES string of the molecule is C=Cc1ccc([BH2-]c2ccccc2)cc1. The lowest BCUT2D eigenvalue weighted by Gasteiger charge is -2.08. The van der Waals surface area contributed by atoms with Crippen LogP contribution < -0.4 is 10.9 Å². The van der Waals surface area contributed by atoms with Crippen LogP contribution in [0.5, 0.6) is 0 Å². The molecule has 2 rings (SSSR count). The maximum Gasteiger partial charge on any atom is 0.0245 e. The zero-order chi connectivity index (χ0) is 10.5.